The molecular weight excluding hydrogens is 289 g/mol. The summed E-state index contributed by atoms with van der Waals surface area (Å²) in [5.74, 6) is 1.61. The van der Waals surface area contributed by atoms with Crippen molar-refractivity contribution in [3.05, 3.63) is 16.0 Å². The minimum Gasteiger partial charge on any atom is -0.353 e. The van der Waals surface area contributed by atoms with E-state index in [4.69, 9.17) is 11.6 Å². The molecule has 2 rings (SSSR count). The van der Waals surface area contributed by atoms with E-state index in [9.17, 15) is 0 Å². The maximum Gasteiger partial charge on any atom is 0.148 e. The number of hydrogen-bond acceptors (Lipinski definition) is 3. The van der Waals surface area contributed by atoms with E-state index in [1.807, 2.05) is 0 Å². The van der Waals surface area contributed by atoms with Crippen molar-refractivity contribution in [3.8, 4) is 0 Å². The van der Waals surface area contributed by atoms with E-state index in [1.54, 1.807) is 0 Å². The van der Waals surface area contributed by atoms with Gasteiger partial charge < -0.3 is 4.90 Å². The maximum atomic E-state index is 5.99. The molecule has 0 aromatic carbocycles. The van der Waals surface area contributed by atoms with Crippen molar-refractivity contribution in [2.24, 2.45) is 5.92 Å². The SMILES string of the molecule is CC1CCCN(c2ncnc(Cl)c2Br)C1C. The highest BCUT2D eigenvalue weighted by Crippen LogP contribution is 2.34. The predicted octanol–water partition coefficient (Wildman–Crippen LogP) is 3.52. The zero-order valence-corrected chi connectivity index (χ0v) is 11.8. The van der Waals surface area contributed by atoms with Gasteiger partial charge in [0.1, 0.15) is 17.3 Å². The summed E-state index contributed by atoms with van der Waals surface area (Å²) < 4.78 is 0.803. The van der Waals surface area contributed by atoms with Crippen molar-refractivity contribution in [1.82, 2.24) is 9.97 Å². The first kappa shape index (κ1) is 12.1. The third-order valence-electron chi connectivity index (χ3n) is 3.37. The summed E-state index contributed by atoms with van der Waals surface area (Å²) in [7, 11) is 0. The van der Waals surface area contributed by atoms with E-state index >= 15 is 0 Å². The van der Waals surface area contributed by atoms with E-state index in [0.717, 1.165) is 16.8 Å². The molecule has 3 nitrogen and oxygen atoms in total. The van der Waals surface area contributed by atoms with Crippen LogP contribution in [0.1, 0.15) is 26.7 Å². The molecule has 1 fully saturated rings. The molecule has 1 saturated heterocycles. The van der Waals surface area contributed by atoms with Crippen LogP contribution >= 0.6 is 27.5 Å². The normalized spacial score (nSPS) is 25.9. The number of nitrogens with zero attached hydrogens (tertiary/aromatic N) is 3. The van der Waals surface area contributed by atoms with Crippen LogP contribution in [-0.2, 0) is 0 Å². The van der Waals surface area contributed by atoms with Crippen LogP contribution in [0.25, 0.3) is 0 Å². The fourth-order valence-electron chi connectivity index (χ4n) is 2.17. The second-order valence-electron chi connectivity index (χ2n) is 4.36. The Bertz CT molecular complexity index is 385. The summed E-state index contributed by atoms with van der Waals surface area (Å²) in [4.78, 5) is 10.6. The molecule has 16 heavy (non-hydrogen) atoms. The van der Waals surface area contributed by atoms with Gasteiger partial charge in [0.05, 0.1) is 4.47 Å². The molecule has 1 aromatic heterocycles. The second-order valence-corrected chi connectivity index (χ2v) is 5.51. The first-order valence-electron chi connectivity index (χ1n) is 5.54. The van der Waals surface area contributed by atoms with Crippen molar-refractivity contribution in [1.29, 1.82) is 0 Å². The molecular formula is C11H15BrClN3. The van der Waals surface area contributed by atoms with Gasteiger partial charge in [-0.2, -0.15) is 0 Å². The smallest absolute Gasteiger partial charge is 0.148 e. The minimum atomic E-state index is 0.482. The van der Waals surface area contributed by atoms with E-state index < -0.39 is 0 Å². The molecule has 2 atom stereocenters. The Morgan fingerprint density at radius 3 is 2.94 bits per heavy atom. The van der Waals surface area contributed by atoms with E-state index in [2.05, 4.69) is 44.6 Å². The monoisotopic (exact) mass is 303 g/mol. The molecule has 0 bridgehead atoms. The molecule has 1 aliphatic rings. The van der Waals surface area contributed by atoms with Crippen LogP contribution in [0.2, 0.25) is 5.15 Å². The van der Waals surface area contributed by atoms with Gasteiger partial charge in [-0.1, -0.05) is 18.5 Å². The van der Waals surface area contributed by atoms with Gasteiger partial charge in [-0.25, -0.2) is 9.97 Å². The molecule has 2 heterocycles. The van der Waals surface area contributed by atoms with E-state index in [-0.39, 0.29) is 0 Å². The summed E-state index contributed by atoms with van der Waals surface area (Å²) >= 11 is 9.46. The number of piperidine rings is 1. The molecule has 0 radical (unpaired) electrons. The fraction of sp³-hybridized carbons (Fsp3) is 0.636. The van der Waals surface area contributed by atoms with Gasteiger partial charge in [0.2, 0.25) is 0 Å². The number of aromatic nitrogens is 2. The van der Waals surface area contributed by atoms with Crippen molar-refractivity contribution in [3.63, 3.8) is 0 Å². The standard InChI is InChI=1S/C11H15BrClN3/c1-7-4-3-5-16(8(7)2)11-9(12)10(13)14-6-15-11/h6-8H,3-5H2,1-2H3. The van der Waals surface area contributed by atoms with Gasteiger partial charge in [-0.3, -0.25) is 0 Å². The third-order valence-corrected chi connectivity index (χ3v) is 4.62. The number of anilines is 1. The first-order valence-corrected chi connectivity index (χ1v) is 6.71. The Kier molecular flexibility index (Phi) is 3.70. The van der Waals surface area contributed by atoms with Crippen LogP contribution < -0.4 is 4.90 Å². The summed E-state index contributed by atoms with van der Waals surface area (Å²) in [6.45, 7) is 5.57. The van der Waals surface area contributed by atoms with Crippen LogP contribution in [0.15, 0.2) is 10.8 Å². The molecule has 2 unspecified atom stereocenters. The largest absolute Gasteiger partial charge is 0.353 e. The molecule has 0 amide bonds. The summed E-state index contributed by atoms with van der Waals surface area (Å²) in [5.41, 5.74) is 0. The van der Waals surface area contributed by atoms with Crippen LogP contribution in [0, 0.1) is 5.92 Å². The average molecular weight is 305 g/mol. The van der Waals surface area contributed by atoms with Crippen molar-refractivity contribution in [2.45, 2.75) is 32.7 Å². The molecule has 0 saturated carbocycles. The number of rotatable bonds is 1. The van der Waals surface area contributed by atoms with Crippen LogP contribution in [0.4, 0.5) is 5.82 Å². The van der Waals surface area contributed by atoms with Crippen LogP contribution in [0.3, 0.4) is 0 Å². The molecule has 0 aliphatic carbocycles. The molecule has 88 valence electrons. The Hall–Kier alpha value is -0.350. The lowest BCUT2D eigenvalue weighted by molar-refractivity contribution is 0.361. The van der Waals surface area contributed by atoms with Gasteiger partial charge in [-0.15, -0.1) is 0 Å². The molecule has 1 aromatic rings. The fourth-order valence-corrected chi connectivity index (χ4v) is 2.74. The highest BCUT2D eigenvalue weighted by atomic mass is 79.9. The van der Waals surface area contributed by atoms with Crippen LogP contribution in [0.5, 0.6) is 0 Å². The Balaban J connectivity index is 2.32. The van der Waals surface area contributed by atoms with Gasteiger partial charge in [0.25, 0.3) is 0 Å². The summed E-state index contributed by atoms with van der Waals surface area (Å²) in [5, 5.41) is 0.482. The van der Waals surface area contributed by atoms with Crippen molar-refractivity contribution in [2.75, 3.05) is 11.4 Å². The van der Waals surface area contributed by atoms with Gasteiger partial charge in [0.15, 0.2) is 0 Å². The molecule has 0 N–H and O–H groups in total. The maximum absolute atomic E-state index is 5.99. The van der Waals surface area contributed by atoms with Gasteiger partial charge in [0, 0.05) is 12.6 Å². The molecule has 5 heteroatoms. The highest BCUT2D eigenvalue weighted by molar-refractivity contribution is 9.10. The van der Waals surface area contributed by atoms with Crippen molar-refractivity contribution >= 4 is 33.3 Å². The lowest BCUT2D eigenvalue weighted by Crippen LogP contribution is -2.43. The average Bonchev–Trinajstić information content (AvgIpc) is 2.27. The first-order chi connectivity index (χ1) is 7.61. The lowest BCUT2D eigenvalue weighted by Gasteiger charge is -2.39. The Morgan fingerprint density at radius 2 is 2.19 bits per heavy atom. The van der Waals surface area contributed by atoms with Gasteiger partial charge in [-0.05, 0) is 41.6 Å². The summed E-state index contributed by atoms with van der Waals surface area (Å²) in [6.07, 6.45) is 4.02. The van der Waals surface area contributed by atoms with Crippen LogP contribution in [-0.4, -0.2) is 22.6 Å². The third kappa shape index (κ3) is 2.18. The van der Waals surface area contributed by atoms with E-state index in [1.165, 1.54) is 19.2 Å². The Labute approximate surface area is 109 Å². The number of halogens is 2. The highest BCUT2D eigenvalue weighted by Gasteiger charge is 2.27. The predicted molar refractivity (Wildman–Crippen MR) is 69.9 cm³/mol. The summed E-state index contributed by atoms with van der Waals surface area (Å²) in [6, 6.07) is 0.496. The topological polar surface area (TPSA) is 29.0 Å². The molecule has 1 aliphatic heterocycles. The van der Waals surface area contributed by atoms with Gasteiger partial charge >= 0.3 is 0 Å². The van der Waals surface area contributed by atoms with E-state index in [0.29, 0.717) is 17.1 Å². The Morgan fingerprint density at radius 1 is 1.44 bits per heavy atom. The van der Waals surface area contributed by atoms with Crippen molar-refractivity contribution < 1.29 is 0 Å². The quantitative estimate of drug-likeness (QED) is 0.743. The molecule has 0 spiro atoms. The minimum absolute atomic E-state index is 0.482. The number of hydrogen-bond donors (Lipinski definition) is 0. The second kappa shape index (κ2) is 4.88. The zero-order valence-electron chi connectivity index (χ0n) is 9.45. The zero-order chi connectivity index (χ0) is 11.7. The lowest BCUT2D eigenvalue weighted by atomic mass is 9.92.